The van der Waals surface area contributed by atoms with Crippen LogP contribution in [-0.4, -0.2) is 23.3 Å². The van der Waals surface area contributed by atoms with Gasteiger partial charge in [-0.1, -0.05) is 30.4 Å². The normalized spacial score (nSPS) is 35.7. The van der Waals surface area contributed by atoms with Crippen LogP contribution in [0.4, 0.5) is 0 Å². The summed E-state index contributed by atoms with van der Waals surface area (Å²) in [5.74, 6) is 0.632. The molecule has 4 unspecified atom stereocenters. The molecule has 4 atom stereocenters. The molecule has 2 bridgehead atoms. The van der Waals surface area contributed by atoms with E-state index < -0.39 is 0 Å². The van der Waals surface area contributed by atoms with Gasteiger partial charge in [0.25, 0.3) is 0 Å². The largest absolute Gasteiger partial charge is 0.282 e. The monoisotopic (exact) mass is 257 g/mol. The number of imide groups is 1. The Labute approximate surface area is 113 Å². The second-order valence-corrected chi connectivity index (χ2v) is 5.61. The molecule has 1 aliphatic heterocycles. The van der Waals surface area contributed by atoms with Crippen molar-refractivity contribution >= 4 is 11.8 Å². The van der Waals surface area contributed by atoms with Gasteiger partial charge in [0.1, 0.15) is 0 Å². The molecule has 0 aromatic carbocycles. The van der Waals surface area contributed by atoms with Crippen LogP contribution in [0.15, 0.2) is 37.0 Å². The molecule has 3 aliphatic rings. The van der Waals surface area contributed by atoms with Crippen molar-refractivity contribution in [2.24, 2.45) is 23.7 Å². The zero-order chi connectivity index (χ0) is 13.4. The Balaban J connectivity index is 1.64. The van der Waals surface area contributed by atoms with E-state index in [9.17, 15) is 9.59 Å². The Morgan fingerprint density at radius 2 is 1.79 bits per heavy atom. The lowest BCUT2D eigenvalue weighted by atomic mass is 9.85. The van der Waals surface area contributed by atoms with Gasteiger partial charge >= 0.3 is 0 Å². The van der Waals surface area contributed by atoms with Gasteiger partial charge in [0, 0.05) is 6.54 Å². The van der Waals surface area contributed by atoms with Crippen molar-refractivity contribution < 1.29 is 9.59 Å². The number of amides is 2. The second kappa shape index (κ2) is 4.80. The Morgan fingerprint density at radius 1 is 1.16 bits per heavy atom. The highest BCUT2D eigenvalue weighted by Crippen LogP contribution is 2.52. The maximum Gasteiger partial charge on any atom is 0.233 e. The summed E-state index contributed by atoms with van der Waals surface area (Å²) in [7, 11) is 0. The standard InChI is InChI=1S/C16H19NO2/c1-2-3-4-5-6-9-17-15(18)13-11-7-8-12(10-11)14(13)16(17)19/h2,4-5,7-8,11-14H,1,3,6,9-10H2. The van der Waals surface area contributed by atoms with Crippen LogP contribution in [0.5, 0.6) is 0 Å². The van der Waals surface area contributed by atoms with Crippen molar-refractivity contribution in [1.29, 1.82) is 0 Å². The first-order valence-electron chi connectivity index (χ1n) is 7.03. The summed E-state index contributed by atoms with van der Waals surface area (Å²) < 4.78 is 0. The highest BCUT2D eigenvalue weighted by atomic mass is 16.2. The van der Waals surface area contributed by atoms with Gasteiger partial charge in [-0.2, -0.15) is 0 Å². The number of carbonyl (C=O) groups excluding carboxylic acids is 2. The fraction of sp³-hybridized carbons (Fsp3) is 0.500. The van der Waals surface area contributed by atoms with Crippen LogP contribution in [-0.2, 0) is 9.59 Å². The third-order valence-corrected chi connectivity index (χ3v) is 4.55. The number of fused-ring (bicyclic) bond motifs is 5. The summed E-state index contributed by atoms with van der Waals surface area (Å²) in [5, 5.41) is 0. The number of hydrogen-bond donors (Lipinski definition) is 0. The number of nitrogens with zero attached hydrogens (tertiary/aromatic N) is 1. The smallest absolute Gasteiger partial charge is 0.233 e. The summed E-state index contributed by atoms with van der Waals surface area (Å²) >= 11 is 0. The van der Waals surface area contributed by atoms with Crippen molar-refractivity contribution in [3.05, 3.63) is 37.0 Å². The molecule has 1 heterocycles. The Kier molecular flexibility index (Phi) is 3.13. The van der Waals surface area contributed by atoms with Gasteiger partial charge < -0.3 is 0 Å². The summed E-state index contributed by atoms with van der Waals surface area (Å²) in [6.45, 7) is 4.17. The van der Waals surface area contributed by atoms with E-state index in [1.807, 2.05) is 18.2 Å². The quantitative estimate of drug-likeness (QED) is 0.560. The molecule has 3 heteroatoms. The molecule has 2 aliphatic carbocycles. The van der Waals surface area contributed by atoms with Gasteiger partial charge in [0.2, 0.25) is 11.8 Å². The SMILES string of the molecule is C=CCC=CCCN1C(=O)C2C3C=CC(C3)C2C1=O. The molecule has 100 valence electrons. The van der Waals surface area contributed by atoms with Crippen molar-refractivity contribution in [3.8, 4) is 0 Å². The minimum atomic E-state index is -0.0559. The molecule has 3 nitrogen and oxygen atoms in total. The summed E-state index contributed by atoms with van der Waals surface area (Å²) in [4.78, 5) is 26.2. The Hall–Kier alpha value is -1.64. The first-order chi connectivity index (χ1) is 9.24. The summed E-state index contributed by atoms with van der Waals surface area (Å²) in [6, 6.07) is 0. The van der Waals surface area contributed by atoms with Crippen molar-refractivity contribution in [2.45, 2.75) is 19.3 Å². The number of hydrogen-bond acceptors (Lipinski definition) is 2. The molecule has 1 saturated heterocycles. The van der Waals surface area contributed by atoms with Crippen LogP contribution in [0, 0.1) is 23.7 Å². The molecule has 0 aromatic heterocycles. The molecule has 1 saturated carbocycles. The van der Waals surface area contributed by atoms with E-state index in [0.717, 1.165) is 19.3 Å². The van der Waals surface area contributed by atoms with Crippen molar-refractivity contribution in [2.75, 3.05) is 6.54 Å². The molecule has 0 aromatic rings. The molecule has 0 spiro atoms. The lowest BCUT2D eigenvalue weighted by Crippen LogP contribution is -2.33. The fourth-order valence-electron chi connectivity index (χ4n) is 3.70. The van der Waals surface area contributed by atoms with Crippen LogP contribution in [0.2, 0.25) is 0 Å². The van der Waals surface area contributed by atoms with Crippen LogP contribution < -0.4 is 0 Å². The summed E-state index contributed by atoms with van der Waals surface area (Å²) in [6.07, 6.45) is 12.7. The zero-order valence-corrected chi connectivity index (χ0v) is 11.0. The van der Waals surface area contributed by atoms with E-state index in [-0.39, 0.29) is 23.7 Å². The molecular weight excluding hydrogens is 238 g/mol. The third-order valence-electron chi connectivity index (χ3n) is 4.55. The zero-order valence-electron chi connectivity index (χ0n) is 11.0. The van der Waals surface area contributed by atoms with Crippen molar-refractivity contribution in [1.82, 2.24) is 4.90 Å². The predicted octanol–water partition coefficient (Wildman–Crippen LogP) is 2.32. The average Bonchev–Trinajstić information content (AvgIpc) is 3.06. The summed E-state index contributed by atoms with van der Waals surface area (Å²) in [5.41, 5.74) is 0. The fourth-order valence-corrected chi connectivity index (χ4v) is 3.70. The Bertz CT molecular complexity index is 447. The van der Waals surface area contributed by atoms with E-state index in [0.29, 0.717) is 18.4 Å². The molecule has 0 N–H and O–H groups in total. The first kappa shape index (κ1) is 12.4. The van der Waals surface area contributed by atoms with E-state index in [4.69, 9.17) is 0 Å². The molecular formula is C16H19NO2. The first-order valence-corrected chi connectivity index (χ1v) is 7.03. The van der Waals surface area contributed by atoms with Crippen molar-refractivity contribution in [3.63, 3.8) is 0 Å². The van der Waals surface area contributed by atoms with E-state index in [1.54, 1.807) is 0 Å². The number of rotatable bonds is 5. The highest BCUT2D eigenvalue weighted by molar-refractivity contribution is 6.06. The lowest BCUT2D eigenvalue weighted by Gasteiger charge is -2.15. The predicted molar refractivity (Wildman–Crippen MR) is 73.0 cm³/mol. The molecule has 3 rings (SSSR count). The van der Waals surface area contributed by atoms with E-state index in [2.05, 4.69) is 18.7 Å². The van der Waals surface area contributed by atoms with Crippen LogP contribution in [0.3, 0.4) is 0 Å². The van der Waals surface area contributed by atoms with Gasteiger partial charge in [-0.25, -0.2) is 0 Å². The molecule has 2 amide bonds. The maximum absolute atomic E-state index is 12.3. The van der Waals surface area contributed by atoms with E-state index in [1.165, 1.54) is 4.90 Å². The number of allylic oxidation sites excluding steroid dienone is 4. The van der Waals surface area contributed by atoms with Gasteiger partial charge in [0.05, 0.1) is 11.8 Å². The minimum Gasteiger partial charge on any atom is -0.282 e. The minimum absolute atomic E-state index is 0.0559. The highest BCUT2D eigenvalue weighted by Gasteiger charge is 2.58. The molecule has 2 fully saturated rings. The molecule has 0 radical (unpaired) electrons. The third kappa shape index (κ3) is 1.88. The second-order valence-electron chi connectivity index (χ2n) is 5.61. The topological polar surface area (TPSA) is 37.4 Å². The average molecular weight is 257 g/mol. The molecule has 19 heavy (non-hydrogen) atoms. The lowest BCUT2D eigenvalue weighted by molar-refractivity contribution is -0.140. The van der Waals surface area contributed by atoms with Gasteiger partial charge in [-0.3, -0.25) is 14.5 Å². The maximum atomic E-state index is 12.3. The van der Waals surface area contributed by atoms with Gasteiger partial charge in [-0.15, -0.1) is 6.58 Å². The Morgan fingerprint density at radius 3 is 2.37 bits per heavy atom. The van der Waals surface area contributed by atoms with Gasteiger partial charge in [0.15, 0.2) is 0 Å². The van der Waals surface area contributed by atoms with Crippen LogP contribution in [0.25, 0.3) is 0 Å². The number of likely N-dealkylation sites (tertiary alicyclic amines) is 1. The van der Waals surface area contributed by atoms with Crippen LogP contribution in [0.1, 0.15) is 19.3 Å². The van der Waals surface area contributed by atoms with Gasteiger partial charge in [-0.05, 0) is 31.1 Å². The van der Waals surface area contributed by atoms with Crippen LogP contribution >= 0.6 is 0 Å². The van der Waals surface area contributed by atoms with E-state index >= 15 is 0 Å². The number of carbonyl (C=O) groups is 2.